The number of rotatable bonds is 4. The van der Waals surface area contributed by atoms with E-state index in [1.54, 1.807) is 24.7 Å². The highest BCUT2D eigenvalue weighted by atomic mass is 16.5. The van der Waals surface area contributed by atoms with E-state index >= 15 is 0 Å². The van der Waals surface area contributed by atoms with Crippen molar-refractivity contribution >= 4 is 5.91 Å². The van der Waals surface area contributed by atoms with Crippen molar-refractivity contribution in [3.05, 3.63) is 48.4 Å². The number of benzene rings is 1. The van der Waals surface area contributed by atoms with E-state index in [1.807, 2.05) is 18.2 Å². The fraction of sp³-hybridized carbons (Fsp3) is 0.421. The van der Waals surface area contributed by atoms with Crippen LogP contribution in [0.15, 0.2) is 42.9 Å². The molecule has 0 spiro atoms. The minimum Gasteiger partial charge on any atom is -0.437 e. The normalized spacial score (nSPS) is 20.7. The zero-order chi connectivity index (χ0) is 16.4. The molecule has 2 aliphatic rings. The Kier molecular flexibility index (Phi) is 4.15. The molecule has 1 saturated carbocycles. The van der Waals surface area contributed by atoms with Gasteiger partial charge in [-0.1, -0.05) is 12.5 Å². The summed E-state index contributed by atoms with van der Waals surface area (Å²) < 4.78 is 5.69. The third-order valence-corrected chi connectivity index (χ3v) is 5.10. The number of hydrogen-bond donors (Lipinski definition) is 0. The van der Waals surface area contributed by atoms with Crippen LogP contribution < -0.4 is 4.74 Å². The highest BCUT2D eigenvalue weighted by Gasteiger charge is 2.37. The monoisotopic (exact) mass is 323 g/mol. The molecule has 1 aromatic carbocycles. The van der Waals surface area contributed by atoms with Crippen LogP contribution in [0.1, 0.15) is 42.5 Å². The molecule has 4 rings (SSSR count). The summed E-state index contributed by atoms with van der Waals surface area (Å²) >= 11 is 0. The fourth-order valence-corrected chi connectivity index (χ4v) is 3.68. The van der Waals surface area contributed by atoms with Crippen molar-refractivity contribution in [1.82, 2.24) is 14.9 Å². The third kappa shape index (κ3) is 2.98. The van der Waals surface area contributed by atoms with Gasteiger partial charge in [-0.05, 0) is 49.8 Å². The molecule has 1 unspecified atom stereocenters. The molecule has 1 aliphatic heterocycles. The van der Waals surface area contributed by atoms with E-state index in [2.05, 4.69) is 14.9 Å². The van der Waals surface area contributed by atoms with Crippen LogP contribution in [0.4, 0.5) is 0 Å². The van der Waals surface area contributed by atoms with E-state index < -0.39 is 0 Å². The van der Waals surface area contributed by atoms with Gasteiger partial charge in [-0.2, -0.15) is 0 Å². The Morgan fingerprint density at radius 3 is 2.83 bits per heavy atom. The van der Waals surface area contributed by atoms with Gasteiger partial charge in [0.2, 0.25) is 5.88 Å². The van der Waals surface area contributed by atoms with Crippen molar-refractivity contribution < 1.29 is 9.53 Å². The molecule has 1 amide bonds. The van der Waals surface area contributed by atoms with Gasteiger partial charge in [0.25, 0.3) is 5.91 Å². The standard InChI is InChI=1S/C19H21N3O2/c23-19(22-11-3-8-17(22)14-4-1-5-14)15-6-2-7-16(12-15)24-18-13-20-9-10-21-18/h2,6-7,9-10,12-14,17H,1,3-5,8,11H2. The van der Waals surface area contributed by atoms with Gasteiger partial charge in [0.15, 0.2) is 0 Å². The van der Waals surface area contributed by atoms with Gasteiger partial charge in [0.05, 0.1) is 6.20 Å². The zero-order valence-corrected chi connectivity index (χ0v) is 13.6. The van der Waals surface area contributed by atoms with Crippen LogP contribution in [-0.2, 0) is 0 Å². The summed E-state index contributed by atoms with van der Waals surface area (Å²) in [5, 5.41) is 0. The Labute approximate surface area is 141 Å². The molecule has 5 heteroatoms. The number of aromatic nitrogens is 2. The number of ether oxygens (including phenoxy) is 1. The highest BCUT2D eigenvalue weighted by Crippen LogP contribution is 2.37. The summed E-state index contributed by atoms with van der Waals surface area (Å²) in [4.78, 5) is 23.1. The molecule has 2 fully saturated rings. The van der Waals surface area contributed by atoms with Crippen molar-refractivity contribution in [2.24, 2.45) is 5.92 Å². The largest absolute Gasteiger partial charge is 0.437 e. The van der Waals surface area contributed by atoms with Crippen LogP contribution in [0.5, 0.6) is 11.6 Å². The SMILES string of the molecule is O=C(c1cccc(Oc2cnccn2)c1)N1CCCC1C1CCC1. The minimum atomic E-state index is 0.119. The molecule has 0 radical (unpaired) electrons. The van der Waals surface area contributed by atoms with Crippen molar-refractivity contribution in [3.8, 4) is 11.6 Å². The van der Waals surface area contributed by atoms with Gasteiger partial charge >= 0.3 is 0 Å². The molecular formula is C19H21N3O2. The maximum absolute atomic E-state index is 12.9. The Balaban J connectivity index is 1.51. The van der Waals surface area contributed by atoms with Crippen LogP contribution in [0.3, 0.4) is 0 Å². The molecule has 24 heavy (non-hydrogen) atoms. The fourth-order valence-electron chi connectivity index (χ4n) is 3.68. The van der Waals surface area contributed by atoms with Crippen LogP contribution in [0, 0.1) is 5.92 Å². The van der Waals surface area contributed by atoms with Crippen molar-refractivity contribution in [2.45, 2.75) is 38.1 Å². The molecular weight excluding hydrogens is 302 g/mol. The van der Waals surface area contributed by atoms with Crippen LogP contribution in [0.2, 0.25) is 0 Å². The molecule has 5 nitrogen and oxygen atoms in total. The lowest BCUT2D eigenvalue weighted by Gasteiger charge is -2.37. The second kappa shape index (κ2) is 6.59. The van der Waals surface area contributed by atoms with E-state index in [0.29, 0.717) is 29.2 Å². The van der Waals surface area contributed by atoms with Crippen LogP contribution >= 0.6 is 0 Å². The van der Waals surface area contributed by atoms with Crippen molar-refractivity contribution in [1.29, 1.82) is 0 Å². The molecule has 1 aliphatic carbocycles. The number of nitrogens with zero attached hydrogens (tertiary/aromatic N) is 3. The molecule has 1 atom stereocenters. The average Bonchev–Trinajstić information content (AvgIpc) is 3.03. The molecule has 124 valence electrons. The van der Waals surface area contributed by atoms with Crippen molar-refractivity contribution in [2.75, 3.05) is 6.54 Å². The Bertz CT molecular complexity index is 716. The van der Waals surface area contributed by atoms with Gasteiger partial charge in [0.1, 0.15) is 5.75 Å². The first kappa shape index (κ1) is 15.1. The van der Waals surface area contributed by atoms with Gasteiger partial charge in [-0.25, -0.2) is 4.98 Å². The summed E-state index contributed by atoms with van der Waals surface area (Å²) in [5.74, 6) is 1.86. The second-order valence-electron chi connectivity index (χ2n) is 6.57. The smallest absolute Gasteiger partial charge is 0.254 e. The molecule has 0 bridgehead atoms. The number of carbonyl (C=O) groups is 1. The second-order valence-corrected chi connectivity index (χ2v) is 6.57. The lowest BCUT2D eigenvalue weighted by atomic mass is 9.78. The molecule has 2 heterocycles. The van der Waals surface area contributed by atoms with Gasteiger partial charge in [0, 0.05) is 30.5 Å². The van der Waals surface area contributed by atoms with Gasteiger partial charge < -0.3 is 9.64 Å². The maximum atomic E-state index is 12.9. The van der Waals surface area contributed by atoms with Gasteiger partial charge in [-0.3, -0.25) is 9.78 Å². The average molecular weight is 323 g/mol. The topological polar surface area (TPSA) is 55.3 Å². The van der Waals surface area contributed by atoms with E-state index in [0.717, 1.165) is 19.4 Å². The van der Waals surface area contributed by atoms with Crippen LogP contribution in [0.25, 0.3) is 0 Å². The number of amides is 1. The zero-order valence-electron chi connectivity index (χ0n) is 13.6. The maximum Gasteiger partial charge on any atom is 0.254 e. The first-order valence-corrected chi connectivity index (χ1v) is 8.66. The quantitative estimate of drug-likeness (QED) is 0.861. The Hall–Kier alpha value is -2.43. The molecule has 2 aromatic rings. The van der Waals surface area contributed by atoms with Gasteiger partial charge in [-0.15, -0.1) is 0 Å². The third-order valence-electron chi connectivity index (χ3n) is 5.10. The number of hydrogen-bond acceptors (Lipinski definition) is 4. The predicted molar refractivity (Wildman–Crippen MR) is 89.9 cm³/mol. The number of carbonyl (C=O) groups excluding carboxylic acids is 1. The van der Waals surface area contributed by atoms with Crippen molar-refractivity contribution in [3.63, 3.8) is 0 Å². The van der Waals surface area contributed by atoms with Crippen LogP contribution in [-0.4, -0.2) is 33.4 Å². The molecule has 1 saturated heterocycles. The Morgan fingerprint density at radius 1 is 1.17 bits per heavy atom. The van der Waals surface area contributed by atoms with E-state index in [-0.39, 0.29) is 5.91 Å². The summed E-state index contributed by atoms with van der Waals surface area (Å²) in [5.41, 5.74) is 0.683. The highest BCUT2D eigenvalue weighted by molar-refractivity contribution is 5.95. The first-order chi connectivity index (χ1) is 11.8. The summed E-state index contributed by atoms with van der Waals surface area (Å²) in [6.07, 6.45) is 10.8. The molecule has 1 aromatic heterocycles. The Morgan fingerprint density at radius 2 is 2.08 bits per heavy atom. The van der Waals surface area contributed by atoms with E-state index in [4.69, 9.17) is 4.74 Å². The van der Waals surface area contributed by atoms with E-state index in [1.165, 1.54) is 19.3 Å². The summed E-state index contributed by atoms with van der Waals surface area (Å²) in [6, 6.07) is 7.78. The summed E-state index contributed by atoms with van der Waals surface area (Å²) in [7, 11) is 0. The summed E-state index contributed by atoms with van der Waals surface area (Å²) in [6.45, 7) is 0.870. The number of likely N-dealkylation sites (tertiary alicyclic amines) is 1. The predicted octanol–water partition coefficient (Wildman–Crippen LogP) is 3.67. The minimum absolute atomic E-state index is 0.119. The molecule has 0 N–H and O–H groups in total. The first-order valence-electron chi connectivity index (χ1n) is 8.66. The van der Waals surface area contributed by atoms with E-state index in [9.17, 15) is 4.79 Å². The lowest BCUT2D eigenvalue weighted by molar-refractivity contribution is 0.0626. The lowest BCUT2D eigenvalue weighted by Crippen LogP contribution is -2.42.